The van der Waals surface area contributed by atoms with Gasteiger partial charge in [-0.2, -0.15) is 10.5 Å². The summed E-state index contributed by atoms with van der Waals surface area (Å²) in [6, 6.07) is 68.3. The molecule has 7 heteroatoms. The van der Waals surface area contributed by atoms with Crippen molar-refractivity contribution in [3.63, 3.8) is 0 Å². The third-order valence-corrected chi connectivity index (χ3v) is 11.1. The molecule has 0 fully saturated rings. The lowest BCUT2D eigenvalue weighted by atomic mass is 9.88. The van der Waals surface area contributed by atoms with Crippen molar-refractivity contribution >= 4 is 61.3 Å². The zero-order valence-corrected chi connectivity index (χ0v) is 32.5. The normalized spacial score (nSPS) is 11.1. The number of imidazole rings is 1. The molecule has 0 unspecified atom stereocenters. The van der Waals surface area contributed by atoms with Gasteiger partial charge in [-0.1, -0.05) is 109 Å². The van der Waals surface area contributed by atoms with E-state index in [9.17, 15) is 15.3 Å². The summed E-state index contributed by atoms with van der Waals surface area (Å²) in [5, 5.41) is 22.7. The van der Waals surface area contributed by atoms with Crippen LogP contribution in [0.25, 0.3) is 49.4 Å². The first-order chi connectivity index (χ1) is 29.5. The van der Waals surface area contributed by atoms with E-state index < -0.39 is 0 Å². The van der Waals surface area contributed by atoms with Gasteiger partial charge in [-0.15, -0.1) is 0 Å². The number of hydrogen-bond donors (Lipinski definition) is 0. The second-order valence-corrected chi connectivity index (χ2v) is 14.7. The third-order valence-electron chi connectivity index (χ3n) is 11.1. The molecule has 282 valence electrons. The first-order valence-corrected chi connectivity index (χ1v) is 19.6. The van der Waals surface area contributed by atoms with Gasteiger partial charge in [0, 0.05) is 50.3 Å². The van der Waals surface area contributed by atoms with Crippen LogP contribution >= 0.6 is 0 Å². The van der Waals surface area contributed by atoms with Crippen LogP contribution in [0.1, 0.15) is 17.0 Å². The number of hydrogen-bond acceptors (Lipinski definition) is 6. The zero-order valence-electron chi connectivity index (χ0n) is 32.5. The fourth-order valence-electron chi connectivity index (χ4n) is 8.34. The van der Waals surface area contributed by atoms with E-state index in [1.54, 1.807) is 0 Å². The summed E-state index contributed by atoms with van der Waals surface area (Å²) in [4.78, 5) is 23.4. The number of fused-ring (bicyclic) bond motifs is 2. The Morgan fingerprint density at radius 3 is 1.32 bits per heavy atom. The molecule has 0 aliphatic heterocycles. The molecule has 10 rings (SSSR count). The van der Waals surface area contributed by atoms with E-state index >= 15 is 0 Å². The van der Waals surface area contributed by atoms with Crippen molar-refractivity contribution in [2.24, 2.45) is 0 Å². The highest BCUT2D eigenvalue weighted by atomic mass is 16.1. The van der Waals surface area contributed by atoms with Crippen molar-refractivity contribution in [3.8, 4) is 34.4 Å². The second kappa shape index (κ2) is 14.8. The van der Waals surface area contributed by atoms with Gasteiger partial charge < -0.3 is 9.80 Å². The summed E-state index contributed by atoms with van der Waals surface area (Å²) in [7, 11) is 0. The van der Waals surface area contributed by atoms with Crippen LogP contribution < -0.4 is 15.4 Å². The largest absolute Gasteiger partial charge is 0.311 e. The van der Waals surface area contributed by atoms with Gasteiger partial charge in [-0.05, 0) is 119 Å². The molecule has 2 aromatic heterocycles. The molecule has 0 saturated carbocycles. The SMILES string of the molecule is Cc1ccc(N(c2ccccc2)c2ccc(-c3ccc4c5c3c(-c3ccc(N(c6ccccc6)c6ccccc6)cc3)ccc5c(=O)n3c(C#N)c(C#N)nc43)cc2)cc1. The van der Waals surface area contributed by atoms with E-state index in [4.69, 9.17) is 0 Å². The number of aryl methyl sites for hydroxylation is 1. The Balaban J connectivity index is 1.17. The highest BCUT2D eigenvalue weighted by molar-refractivity contribution is 6.23. The summed E-state index contributed by atoms with van der Waals surface area (Å²) < 4.78 is 1.28. The van der Waals surface area contributed by atoms with Crippen molar-refractivity contribution in [2.75, 3.05) is 9.80 Å². The van der Waals surface area contributed by atoms with Crippen LogP contribution in [-0.4, -0.2) is 9.38 Å². The Hall–Kier alpha value is -8.52. The standard InChI is InChI=1S/C53H34N6O/c1-35-17-23-41(24-18-35)58(40-15-9-4-10-16-40)43-27-21-36(22-28-43)44-29-31-46-51-47(53(60)59-49(34-55)48(33-54)56-52(46)59)32-30-45(50(44)51)37-19-25-42(26-20-37)57(38-11-5-2-6-12-38)39-13-7-3-8-14-39/h2-32H,1H3. The van der Waals surface area contributed by atoms with Gasteiger partial charge in [0.05, 0.1) is 0 Å². The van der Waals surface area contributed by atoms with E-state index in [0.717, 1.165) is 67.2 Å². The molecule has 7 nitrogen and oxygen atoms in total. The smallest absolute Gasteiger partial charge is 0.265 e. The lowest BCUT2D eigenvalue weighted by molar-refractivity contribution is 1.11. The topological polar surface area (TPSA) is 88.4 Å². The third kappa shape index (κ3) is 5.98. The molecule has 0 N–H and O–H groups in total. The van der Waals surface area contributed by atoms with E-state index in [1.165, 1.54) is 9.96 Å². The quantitative estimate of drug-likeness (QED) is 0.153. The molecule has 0 saturated heterocycles. The lowest BCUT2D eigenvalue weighted by Crippen LogP contribution is -2.15. The molecule has 0 aliphatic rings. The van der Waals surface area contributed by atoms with Crippen LogP contribution in [0, 0.1) is 29.6 Å². The Morgan fingerprint density at radius 1 is 0.467 bits per heavy atom. The Labute approximate surface area is 346 Å². The minimum Gasteiger partial charge on any atom is -0.311 e. The molecule has 0 radical (unpaired) electrons. The number of rotatable bonds is 8. The van der Waals surface area contributed by atoms with E-state index in [2.05, 4.69) is 143 Å². The van der Waals surface area contributed by atoms with Gasteiger partial charge in [0.15, 0.2) is 11.4 Å². The number of benzene rings is 8. The Kier molecular flexibility index (Phi) is 8.83. The second-order valence-electron chi connectivity index (χ2n) is 14.7. The predicted molar refractivity (Wildman–Crippen MR) is 242 cm³/mol. The summed E-state index contributed by atoms with van der Waals surface area (Å²) in [5.41, 5.74) is 10.9. The van der Waals surface area contributed by atoms with Crippen LogP contribution in [0.5, 0.6) is 0 Å². The molecular weight excluding hydrogens is 737 g/mol. The van der Waals surface area contributed by atoms with Crippen molar-refractivity contribution in [3.05, 3.63) is 215 Å². The van der Waals surface area contributed by atoms with Crippen LogP contribution in [0.15, 0.2) is 193 Å². The van der Waals surface area contributed by atoms with Crippen LogP contribution in [0.3, 0.4) is 0 Å². The van der Waals surface area contributed by atoms with E-state index in [1.807, 2.05) is 78.9 Å². The molecule has 60 heavy (non-hydrogen) atoms. The minimum absolute atomic E-state index is 0.0615. The molecule has 8 aromatic carbocycles. The van der Waals surface area contributed by atoms with Crippen LogP contribution in [-0.2, 0) is 0 Å². The molecule has 0 atom stereocenters. The summed E-state index contributed by atoms with van der Waals surface area (Å²) >= 11 is 0. The number of para-hydroxylation sites is 3. The average Bonchev–Trinajstić information content (AvgIpc) is 3.70. The fraction of sp³-hybridized carbons (Fsp3) is 0.0189. The van der Waals surface area contributed by atoms with Crippen molar-refractivity contribution in [2.45, 2.75) is 6.92 Å². The molecule has 0 amide bonds. The molecule has 10 aromatic rings. The maximum absolute atomic E-state index is 14.3. The van der Waals surface area contributed by atoms with Crippen molar-refractivity contribution in [1.29, 1.82) is 10.5 Å². The summed E-state index contributed by atoms with van der Waals surface area (Å²) in [6.07, 6.45) is 0. The average molecular weight is 771 g/mol. The maximum Gasteiger partial charge on any atom is 0.265 e. The van der Waals surface area contributed by atoms with Crippen LogP contribution in [0.4, 0.5) is 34.1 Å². The monoisotopic (exact) mass is 770 g/mol. The van der Waals surface area contributed by atoms with Gasteiger partial charge in [0.2, 0.25) is 0 Å². The number of nitrogens with zero attached hydrogens (tertiary/aromatic N) is 6. The number of anilines is 6. The van der Waals surface area contributed by atoms with Crippen LogP contribution in [0.2, 0.25) is 0 Å². The molecule has 0 spiro atoms. The maximum atomic E-state index is 14.3. The zero-order chi connectivity index (χ0) is 40.7. The molecule has 0 bridgehead atoms. The van der Waals surface area contributed by atoms with E-state index in [-0.39, 0.29) is 22.6 Å². The van der Waals surface area contributed by atoms with E-state index in [0.29, 0.717) is 10.8 Å². The van der Waals surface area contributed by atoms with Crippen molar-refractivity contribution in [1.82, 2.24) is 9.38 Å². The fourth-order valence-corrected chi connectivity index (χ4v) is 8.34. The summed E-state index contributed by atoms with van der Waals surface area (Å²) in [5.74, 6) is 0. The Morgan fingerprint density at radius 2 is 0.883 bits per heavy atom. The molecule has 2 heterocycles. The first-order valence-electron chi connectivity index (χ1n) is 19.6. The summed E-state index contributed by atoms with van der Waals surface area (Å²) in [6.45, 7) is 2.09. The van der Waals surface area contributed by atoms with Gasteiger partial charge in [-0.3, -0.25) is 4.79 Å². The molecular formula is C53H34N6O. The molecule has 0 aliphatic carbocycles. The Bertz CT molecular complexity index is 3290. The van der Waals surface area contributed by atoms with Gasteiger partial charge in [0.1, 0.15) is 17.8 Å². The number of pyridine rings is 1. The highest BCUT2D eigenvalue weighted by Crippen LogP contribution is 2.44. The number of nitriles is 2. The highest BCUT2D eigenvalue weighted by Gasteiger charge is 2.24. The lowest BCUT2D eigenvalue weighted by Gasteiger charge is -2.26. The van der Waals surface area contributed by atoms with Crippen molar-refractivity contribution < 1.29 is 0 Å². The van der Waals surface area contributed by atoms with Gasteiger partial charge in [0.25, 0.3) is 5.56 Å². The first kappa shape index (κ1) is 35.9. The van der Waals surface area contributed by atoms with Gasteiger partial charge >= 0.3 is 0 Å². The van der Waals surface area contributed by atoms with Gasteiger partial charge in [-0.25, -0.2) is 9.38 Å². The number of aromatic nitrogens is 2. The minimum atomic E-state index is -0.389. The predicted octanol–water partition coefficient (Wildman–Crippen LogP) is 12.8.